The summed E-state index contributed by atoms with van der Waals surface area (Å²) in [7, 11) is 0. The number of aromatic amines is 1. The first-order valence-electron chi connectivity index (χ1n) is 2.33. The molecule has 0 saturated carbocycles. The van der Waals surface area contributed by atoms with Gasteiger partial charge in [-0.2, -0.15) is 4.21 Å². The Morgan fingerprint density at radius 1 is 1.70 bits per heavy atom. The van der Waals surface area contributed by atoms with Crippen LogP contribution < -0.4 is 0 Å². The Balaban J connectivity index is 0.000000180. The number of nitrogens with one attached hydrogen (secondary N) is 1. The Kier molecular flexibility index (Phi) is 4.65. The van der Waals surface area contributed by atoms with Crippen LogP contribution >= 0.6 is 0 Å². The van der Waals surface area contributed by atoms with Crippen LogP contribution in [-0.4, -0.2) is 14.2 Å². The van der Waals surface area contributed by atoms with E-state index in [4.69, 9.17) is 4.21 Å². The number of imidazole rings is 1. The van der Waals surface area contributed by atoms with Gasteiger partial charge < -0.3 is 4.98 Å². The van der Waals surface area contributed by atoms with Gasteiger partial charge in [0.2, 0.25) is 0 Å². The van der Waals surface area contributed by atoms with Crippen LogP contribution in [0.4, 0.5) is 7.77 Å². The first-order valence-corrected chi connectivity index (χ1v) is 3.28. The molecule has 58 valence electrons. The van der Waals surface area contributed by atoms with Gasteiger partial charge in [0.1, 0.15) is 5.82 Å². The first-order chi connectivity index (χ1) is 4.63. The molecule has 1 rings (SSSR count). The average molecular weight is 168 g/mol. The standard InChI is InChI=1S/C4H6N2.F2OS/c1-4-5-2-3-6-4;1-4(2)3/h2-3H,1H3,(H,5,6);. The van der Waals surface area contributed by atoms with E-state index in [2.05, 4.69) is 9.97 Å². The fraction of sp³-hybridized carbons (Fsp3) is 0.250. The Morgan fingerprint density at radius 2 is 2.20 bits per heavy atom. The summed E-state index contributed by atoms with van der Waals surface area (Å²) in [6, 6.07) is 0. The zero-order chi connectivity index (χ0) is 7.98. The number of aryl methyl sites for hydroxylation is 1. The summed E-state index contributed by atoms with van der Waals surface area (Å²) < 4.78 is 27.8. The van der Waals surface area contributed by atoms with Crippen molar-refractivity contribution >= 4 is 11.6 Å². The van der Waals surface area contributed by atoms with Crippen LogP contribution in [0.25, 0.3) is 0 Å². The third-order valence-electron chi connectivity index (χ3n) is 0.635. The predicted octanol–water partition coefficient (Wildman–Crippen LogP) is 1.22. The summed E-state index contributed by atoms with van der Waals surface area (Å²) >= 11 is -3.61. The highest BCUT2D eigenvalue weighted by Crippen LogP contribution is 1.78. The number of hydrogen-bond acceptors (Lipinski definition) is 2. The first kappa shape index (κ1) is 9.22. The predicted molar refractivity (Wildman–Crippen MR) is 33.7 cm³/mol. The lowest BCUT2D eigenvalue weighted by atomic mass is 10.8. The maximum Gasteiger partial charge on any atom is 0.385 e. The van der Waals surface area contributed by atoms with Gasteiger partial charge in [-0.15, -0.1) is 0 Å². The fourth-order valence-corrected chi connectivity index (χ4v) is 0.344. The quantitative estimate of drug-likeness (QED) is 0.592. The number of hydrogen-bond donors (Lipinski definition) is 1. The number of aromatic nitrogens is 2. The minimum atomic E-state index is -3.61. The molecule has 0 bridgehead atoms. The van der Waals surface area contributed by atoms with E-state index in [0.717, 1.165) is 5.82 Å². The molecule has 0 amide bonds. The Morgan fingerprint density at radius 3 is 2.30 bits per heavy atom. The summed E-state index contributed by atoms with van der Waals surface area (Å²) in [6.07, 6.45) is 3.53. The van der Waals surface area contributed by atoms with E-state index in [0.29, 0.717) is 0 Å². The number of H-pyrrole nitrogens is 1. The van der Waals surface area contributed by atoms with Gasteiger partial charge in [-0.25, -0.2) is 4.98 Å². The van der Waals surface area contributed by atoms with E-state index >= 15 is 0 Å². The van der Waals surface area contributed by atoms with Gasteiger partial charge >= 0.3 is 11.6 Å². The molecule has 0 aromatic carbocycles. The molecule has 0 unspecified atom stereocenters. The Hall–Kier alpha value is -0.780. The summed E-state index contributed by atoms with van der Waals surface area (Å²) in [5.41, 5.74) is 0. The molecule has 1 aromatic heterocycles. The van der Waals surface area contributed by atoms with Crippen LogP contribution in [0.1, 0.15) is 5.82 Å². The van der Waals surface area contributed by atoms with Crippen molar-refractivity contribution in [3.05, 3.63) is 18.2 Å². The summed E-state index contributed by atoms with van der Waals surface area (Å²) in [5, 5.41) is 0. The number of rotatable bonds is 0. The number of halogens is 2. The molecule has 0 saturated heterocycles. The maximum absolute atomic E-state index is 9.81. The van der Waals surface area contributed by atoms with Gasteiger partial charge in [0.15, 0.2) is 0 Å². The molecule has 0 spiro atoms. The summed E-state index contributed by atoms with van der Waals surface area (Å²) in [4.78, 5) is 6.75. The van der Waals surface area contributed by atoms with Crippen molar-refractivity contribution in [3.8, 4) is 0 Å². The molecule has 1 heterocycles. The molecule has 6 heteroatoms. The van der Waals surface area contributed by atoms with E-state index in [9.17, 15) is 7.77 Å². The third-order valence-corrected chi connectivity index (χ3v) is 0.635. The molecule has 1 aromatic rings. The van der Waals surface area contributed by atoms with E-state index in [1.807, 2.05) is 6.92 Å². The van der Waals surface area contributed by atoms with E-state index in [1.165, 1.54) is 0 Å². The molecule has 0 aliphatic heterocycles. The number of nitrogens with zero attached hydrogens (tertiary/aromatic N) is 1. The maximum atomic E-state index is 9.81. The summed E-state index contributed by atoms with van der Waals surface area (Å²) in [5.74, 6) is 0.968. The van der Waals surface area contributed by atoms with Crippen LogP contribution in [0, 0.1) is 6.92 Å². The second-order valence-corrected chi connectivity index (χ2v) is 1.73. The normalized spacial score (nSPS) is 8.80. The van der Waals surface area contributed by atoms with Crippen LogP contribution in [0.5, 0.6) is 0 Å². The van der Waals surface area contributed by atoms with E-state index < -0.39 is 11.6 Å². The SMILES string of the molecule is Cc1ncc[nH]1.O=S(F)F. The lowest BCUT2D eigenvalue weighted by Gasteiger charge is -1.68. The summed E-state index contributed by atoms with van der Waals surface area (Å²) in [6.45, 7) is 1.92. The highest BCUT2D eigenvalue weighted by Gasteiger charge is 1.74. The van der Waals surface area contributed by atoms with Crippen molar-refractivity contribution in [1.82, 2.24) is 9.97 Å². The van der Waals surface area contributed by atoms with Gasteiger partial charge in [-0.3, -0.25) is 0 Å². The molecular weight excluding hydrogens is 162 g/mol. The van der Waals surface area contributed by atoms with Crippen molar-refractivity contribution in [2.75, 3.05) is 0 Å². The van der Waals surface area contributed by atoms with Crippen molar-refractivity contribution < 1.29 is 12.0 Å². The van der Waals surface area contributed by atoms with Crippen LogP contribution in [0.3, 0.4) is 0 Å². The molecular formula is C4H6F2N2OS. The van der Waals surface area contributed by atoms with E-state index in [-0.39, 0.29) is 0 Å². The molecule has 1 N–H and O–H groups in total. The molecule has 10 heavy (non-hydrogen) atoms. The van der Waals surface area contributed by atoms with Crippen LogP contribution in [0.2, 0.25) is 0 Å². The smallest absolute Gasteiger partial charge is 0.349 e. The lowest BCUT2D eigenvalue weighted by molar-refractivity contribution is 0.602. The van der Waals surface area contributed by atoms with Crippen molar-refractivity contribution in [2.45, 2.75) is 6.92 Å². The highest BCUT2D eigenvalue weighted by atomic mass is 32.2. The molecule has 0 atom stereocenters. The minimum Gasteiger partial charge on any atom is -0.349 e. The molecule has 0 aliphatic carbocycles. The lowest BCUT2D eigenvalue weighted by Crippen LogP contribution is -1.66. The van der Waals surface area contributed by atoms with Crippen LogP contribution in [0.15, 0.2) is 12.4 Å². The average Bonchev–Trinajstić information content (AvgIpc) is 2.15. The monoisotopic (exact) mass is 168 g/mol. The van der Waals surface area contributed by atoms with Gasteiger partial charge in [0, 0.05) is 12.4 Å². The zero-order valence-corrected chi connectivity index (χ0v) is 5.99. The minimum absolute atomic E-state index is 0.968. The fourth-order valence-electron chi connectivity index (χ4n) is 0.344. The second-order valence-electron chi connectivity index (χ2n) is 1.36. The van der Waals surface area contributed by atoms with Gasteiger partial charge in [0.05, 0.1) is 0 Å². The van der Waals surface area contributed by atoms with Gasteiger partial charge in [-0.05, 0) is 6.92 Å². The topological polar surface area (TPSA) is 45.8 Å². The highest BCUT2D eigenvalue weighted by molar-refractivity contribution is 7.74. The Labute approximate surface area is 59.5 Å². The van der Waals surface area contributed by atoms with Crippen molar-refractivity contribution in [1.29, 1.82) is 0 Å². The Bertz CT molecular complexity index is 185. The molecule has 0 radical (unpaired) electrons. The zero-order valence-electron chi connectivity index (χ0n) is 5.17. The van der Waals surface area contributed by atoms with Gasteiger partial charge in [-0.1, -0.05) is 7.77 Å². The van der Waals surface area contributed by atoms with Gasteiger partial charge in [0.25, 0.3) is 0 Å². The molecule has 0 fully saturated rings. The van der Waals surface area contributed by atoms with Crippen molar-refractivity contribution in [2.24, 2.45) is 0 Å². The largest absolute Gasteiger partial charge is 0.385 e. The second kappa shape index (κ2) is 5.04. The third kappa shape index (κ3) is 7.22. The van der Waals surface area contributed by atoms with Crippen molar-refractivity contribution in [3.63, 3.8) is 0 Å². The van der Waals surface area contributed by atoms with E-state index in [1.54, 1.807) is 12.4 Å². The molecule has 3 nitrogen and oxygen atoms in total. The molecule has 0 aliphatic rings. The van der Waals surface area contributed by atoms with Crippen LogP contribution in [-0.2, 0) is 11.6 Å².